The minimum atomic E-state index is -2.17. The predicted octanol–water partition coefficient (Wildman–Crippen LogP) is -20.0. The fourth-order valence-electron chi connectivity index (χ4n) is 0. The monoisotopic (exact) mass is 1140 g/mol. The van der Waals surface area contributed by atoms with E-state index in [2.05, 4.69) is 0 Å². The van der Waals surface area contributed by atoms with Crippen molar-refractivity contribution >= 4 is 224 Å². The number of hydrogen-bond acceptors (Lipinski definition) is 36. The van der Waals surface area contributed by atoms with Crippen molar-refractivity contribution in [3.8, 4) is 0 Å². The second-order valence-electron chi connectivity index (χ2n) is 4.16. The van der Waals surface area contributed by atoms with Gasteiger partial charge in [-0.05, 0) is 0 Å². The lowest BCUT2D eigenvalue weighted by Gasteiger charge is -1.69. The van der Waals surface area contributed by atoms with Gasteiger partial charge in [0.25, 0.3) is 0 Å². The van der Waals surface area contributed by atoms with E-state index < -0.39 is 87.9 Å². The van der Waals surface area contributed by atoms with Crippen LogP contribution in [0.5, 0.6) is 0 Å². The van der Waals surface area contributed by atoms with E-state index in [4.69, 9.17) is 181 Å². The fraction of sp³-hybridized carbons (Fsp3) is 0. The van der Waals surface area contributed by atoms with Crippen molar-refractivity contribution in [1.29, 1.82) is 0 Å². The van der Waals surface area contributed by atoms with Crippen LogP contribution in [0.1, 0.15) is 0 Å². The van der Waals surface area contributed by atoms with Gasteiger partial charge >= 0.3 is 87.9 Å². The molecular weight excluding hydrogens is 1100 g/mol. The third kappa shape index (κ3) is 32400. The molecule has 59 heteroatoms. The average Bonchev–Trinajstić information content (AvgIpc) is 2.61. The molecule has 0 fully saturated rings. The Kier molecular flexibility index (Phi) is 372. The Morgan fingerprint density at radius 3 is 0.0847 bits per heavy atom. The molecule has 36 N–H and O–H groups in total. The summed E-state index contributed by atoms with van der Waals surface area (Å²) >= 11 is 0. The molecule has 0 saturated heterocycles. The maximum absolute atomic E-state index is 7.17. The van der Waals surface area contributed by atoms with Crippen LogP contribution in [0.15, 0.2) is 0 Å². The van der Waals surface area contributed by atoms with Crippen LogP contribution in [0, 0.1) is 0 Å². The van der Waals surface area contributed by atoms with Gasteiger partial charge in [0.05, 0.1) is 0 Å². The van der Waals surface area contributed by atoms with Crippen LogP contribution in [-0.2, 0) is 0 Å². The highest BCUT2D eigenvalue weighted by atomic mass is 35.5. The second-order valence-corrected chi connectivity index (χ2v) is 4.16. The molecule has 0 saturated carbocycles. The van der Waals surface area contributed by atoms with Gasteiger partial charge in [-0.3, -0.25) is 0 Å². The van der Waals surface area contributed by atoms with Crippen LogP contribution in [0.25, 0.3) is 0 Å². The Morgan fingerprint density at radius 2 is 0.0847 bits per heavy atom. The van der Waals surface area contributed by atoms with Crippen LogP contribution in [0.4, 0.5) is 0 Å². The van der Waals surface area contributed by atoms with Crippen molar-refractivity contribution in [3.63, 3.8) is 0 Å². The molecule has 0 aromatic carbocycles. The molecule has 0 atom stereocenters. The van der Waals surface area contributed by atoms with Crippen molar-refractivity contribution in [2.24, 2.45) is 0 Å². The third-order valence-electron chi connectivity index (χ3n) is 0. The van der Waals surface area contributed by atoms with Gasteiger partial charge in [-0.25, -0.2) is 0 Å². The van der Waals surface area contributed by atoms with Gasteiger partial charge in [-0.15, -0.1) is 136 Å². The summed E-state index contributed by atoms with van der Waals surface area (Å²) in [4.78, 5) is 0. The fourth-order valence-corrected chi connectivity index (χ4v) is 0. The van der Waals surface area contributed by atoms with E-state index in [9.17, 15) is 0 Å². The zero-order chi connectivity index (χ0) is 42.9. The molecule has 0 spiro atoms. The van der Waals surface area contributed by atoms with Crippen LogP contribution >= 0.6 is 136 Å². The molecule has 0 radical (unpaired) electrons. The van der Waals surface area contributed by atoms with Gasteiger partial charge < -0.3 is 181 Å². The lowest BCUT2D eigenvalue weighted by atomic mass is 10.3. The summed E-state index contributed by atoms with van der Waals surface area (Å²) in [7, 11) is -26.0. The molecule has 0 heterocycles. The summed E-state index contributed by atoms with van der Waals surface area (Å²) in [6, 6.07) is 0. The zero-order valence-electron chi connectivity index (χ0n) is 27.5. The van der Waals surface area contributed by atoms with E-state index in [1.165, 1.54) is 0 Å². The first kappa shape index (κ1) is 152. The standard InChI is InChI=1S/12BH3O3.11ClH/c12*2-1(3)4;;;;;;;;;;;/h12*2-4H;11*1H. The Labute approximate surface area is 403 Å². The zero-order valence-corrected chi connectivity index (χ0v) is 36.5. The minimum Gasteiger partial charge on any atom is -0.402 e. The SMILES string of the molecule is Cl.Cl.Cl.Cl.Cl.Cl.Cl.Cl.Cl.Cl.Cl.OB(O)O.OB(O)O.OB(O)O.OB(O)O.OB(O)O.OB(O)O.OB(O)O.OB(O)O.OB(O)O.OB(O)O.OB(O)O.OB(O)O. The minimum absolute atomic E-state index is 0. The molecule has 0 aromatic heterocycles. The van der Waals surface area contributed by atoms with Crippen LogP contribution in [-0.4, -0.2) is 269 Å². The summed E-state index contributed by atoms with van der Waals surface area (Å²) in [5.74, 6) is 0. The lowest BCUT2D eigenvalue weighted by molar-refractivity contribution is 0.276. The Morgan fingerprint density at radius 1 is 0.0847 bits per heavy atom. The molecule has 0 amide bonds. The van der Waals surface area contributed by atoms with Gasteiger partial charge in [0.2, 0.25) is 0 Å². The molecule has 0 aliphatic carbocycles. The summed E-state index contributed by atoms with van der Waals surface area (Å²) < 4.78 is 0. The van der Waals surface area contributed by atoms with Gasteiger partial charge in [0, 0.05) is 0 Å². The summed E-state index contributed by atoms with van der Waals surface area (Å²) in [6.07, 6.45) is 0. The first-order valence-corrected chi connectivity index (χ1v) is 9.30. The molecule has 376 valence electrons. The quantitative estimate of drug-likeness (QED) is 0.100. The Hall–Kier alpha value is 2.53. The highest BCUT2D eigenvalue weighted by molar-refractivity contribution is 6.33. The number of hydrogen-bond donors (Lipinski definition) is 36. The summed E-state index contributed by atoms with van der Waals surface area (Å²) in [6.45, 7) is 0. The third-order valence-corrected chi connectivity index (χ3v) is 0. The molecule has 0 aliphatic heterocycles. The van der Waals surface area contributed by atoms with E-state index in [1.807, 2.05) is 0 Å². The molecule has 0 bridgehead atoms. The van der Waals surface area contributed by atoms with Gasteiger partial charge in [-0.1, -0.05) is 0 Å². The van der Waals surface area contributed by atoms with E-state index in [0.29, 0.717) is 0 Å². The second kappa shape index (κ2) is 144. The van der Waals surface area contributed by atoms with Crippen molar-refractivity contribution in [3.05, 3.63) is 0 Å². The lowest BCUT2D eigenvalue weighted by Crippen LogP contribution is -2.07. The number of rotatable bonds is 0. The smallest absolute Gasteiger partial charge is 0.402 e. The molecule has 0 aromatic rings. The normalized spacial score (nSPS) is 5.49. The summed E-state index contributed by atoms with van der Waals surface area (Å²) in [5, 5.41) is 258. The first-order chi connectivity index (χ1) is 20.8. The maximum atomic E-state index is 7.17. The molecule has 0 aliphatic rings. The largest absolute Gasteiger partial charge is 0.631 e. The summed E-state index contributed by atoms with van der Waals surface area (Å²) in [5.41, 5.74) is 0. The van der Waals surface area contributed by atoms with Crippen molar-refractivity contribution < 1.29 is 181 Å². The van der Waals surface area contributed by atoms with Crippen LogP contribution in [0.2, 0.25) is 0 Å². The average molecular weight is 1140 g/mol. The van der Waals surface area contributed by atoms with Crippen LogP contribution < -0.4 is 0 Å². The highest BCUT2D eigenvalue weighted by Crippen LogP contribution is 1.44. The molecule has 59 heavy (non-hydrogen) atoms. The van der Waals surface area contributed by atoms with E-state index >= 15 is 0 Å². The molecule has 0 rings (SSSR count). The highest BCUT2D eigenvalue weighted by Gasteiger charge is 1.96. The Balaban J connectivity index is -0.0000000112. The number of halogens is 11. The van der Waals surface area contributed by atoms with Crippen molar-refractivity contribution in [1.82, 2.24) is 0 Å². The van der Waals surface area contributed by atoms with E-state index in [-0.39, 0.29) is 136 Å². The van der Waals surface area contributed by atoms with Gasteiger partial charge in [0.15, 0.2) is 0 Å². The predicted molar refractivity (Wildman–Crippen MR) is 229 cm³/mol. The van der Waals surface area contributed by atoms with Crippen LogP contribution in [0.3, 0.4) is 0 Å². The first-order valence-electron chi connectivity index (χ1n) is 9.30. The topological polar surface area (TPSA) is 728 Å². The van der Waals surface area contributed by atoms with Crippen molar-refractivity contribution in [2.75, 3.05) is 0 Å². The van der Waals surface area contributed by atoms with E-state index in [1.54, 1.807) is 0 Å². The molecular formula is H47B12Cl11O36. The molecule has 36 nitrogen and oxygen atoms in total. The van der Waals surface area contributed by atoms with Crippen molar-refractivity contribution in [2.45, 2.75) is 0 Å². The van der Waals surface area contributed by atoms with E-state index in [0.717, 1.165) is 0 Å². The Bertz CT molecular complexity index is 266. The maximum Gasteiger partial charge on any atom is 0.631 e. The molecule has 0 unspecified atom stereocenters. The van der Waals surface area contributed by atoms with Gasteiger partial charge in [0.1, 0.15) is 0 Å². The van der Waals surface area contributed by atoms with Gasteiger partial charge in [-0.2, -0.15) is 0 Å².